The molecule has 0 bridgehead atoms. The van der Waals surface area contributed by atoms with Crippen molar-refractivity contribution in [3.8, 4) is 11.5 Å². The van der Waals surface area contributed by atoms with E-state index in [2.05, 4.69) is 6.92 Å². The summed E-state index contributed by atoms with van der Waals surface area (Å²) in [6.07, 6.45) is 0.936. The fourth-order valence-electron chi connectivity index (χ4n) is 1.57. The normalized spacial score (nSPS) is 11.8. The van der Waals surface area contributed by atoms with Crippen molar-refractivity contribution < 1.29 is 14.3 Å². The zero-order chi connectivity index (χ0) is 14.3. The van der Waals surface area contributed by atoms with Gasteiger partial charge in [-0.05, 0) is 44.5 Å². The minimum atomic E-state index is -0.0109. The maximum Gasteiger partial charge on any atom is 0.260 e. The van der Waals surface area contributed by atoms with Gasteiger partial charge in [-0.15, -0.1) is 0 Å². The third kappa shape index (κ3) is 4.81. The number of hydrogen-bond acceptors (Lipinski definition) is 3. The number of benzene rings is 1. The Balaban J connectivity index is 2.45. The third-order valence-corrected chi connectivity index (χ3v) is 3.14. The molecule has 1 aromatic rings. The molecule has 0 heterocycles. The summed E-state index contributed by atoms with van der Waals surface area (Å²) in [7, 11) is 1.80. The maximum absolute atomic E-state index is 11.9. The molecule has 0 aliphatic carbocycles. The van der Waals surface area contributed by atoms with Crippen molar-refractivity contribution in [1.29, 1.82) is 0 Å². The van der Waals surface area contributed by atoms with Crippen molar-refractivity contribution in [2.45, 2.75) is 33.2 Å². The SMILES string of the molecule is CCOc1ccc(OCC(=O)N(C)C(C)CC)cc1. The topological polar surface area (TPSA) is 38.8 Å². The summed E-state index contributed by atoms with van der Waals surface area (Å²) >= 11 is 0. The molecule has 0 aliphatic rings. The molecular weight excluding hydrogens is 242 g/mol. The standard InChI is InChI=1S/C15H23NO3/c1-5-12(3)16(4)15(17)11-19-14-9-7-13(8-10-14)18-6-2/h7-10,12H,5-6,11H2,1-4H3. The second kappa shape index (κ2) is 7.67. The number of hydrogen-bond donors (Lipinski definition) is 0. The Morgan fingerprint density at radius 1 is 1.16 bits per heavy atom. The van der Waals surface area contributed by atoms with Gasteiger partial charge in [0.15, 0.2) is 6.61 Å². The first-order chi connectivity index (χ1) is 9.08. The van der Waals surface area contributed by atoms with Gasteiger partial charge in [0.25, 0.3) is 5.91 Å². The van der Waals surface area contributed by atoms with Gasteiger partial charge in [0.05, 0.1) is 6.61 Å². The molecule has 4 nitrogen and oxygen atoms in total. The molecule has 1 unspecified atom stereocenters. The van der Waals surface area contributed by atoms with Gasteiger partial charge >= 0.3 is 0 Å². The Bertz CT molecular complexity index is 389. The van der Waals surface area contributed by atoms with Crippen LogP contribution in [0.2, 0.25) is 0 Å². The lowest BCUT2D eigenvalue weighted by Crippen LogP contribution is -2.37. The van der Waals surface area contributed by atoms with Crippen LogP contribution in [0.15, 0.2) is 24.3 Å². The van der Waals surface area contributed by atoms with Gasteiger partial charge in [-0.25, -0.2) is 0 Å². The quantitative estimate of drug-likeness (QED) is 0.761. The molecule has 1 atom stereocenters. The van der Waals surface area contributed by atoms with Crippen LogP contribution < -0.4 is 9.47 Å². The summed E-state index contributed by atoms with van der Waals surface area (Å²) in [5, 5.41) is 0. The maximum atomic E-state index is 11.9. The van der Waals surface area contributed by atoms with E-state index in [1.54, 1.807) is 11.9 Å². The highest BCUT2D eigenvalue weighted by Crippen LogP contribution is 2.17. The molecule has 4 heteroatoms. The highest BCUT2D eigenvalue weighted by Gasteiger charge is 2.14. The molecule has 19 heavy (non-hydrogen) atoms. The molecule has 0 aromatic heterocycles. The van der Waals surface area contributed by atoms with Crippen LogP contribution in [-0.4, -0.2) is 37.1 Å². The van der Waals surface area contributed by atoms with E-state index in [4.69, 9.17) is 9.47 Å². The fourth-order valence-corrected chi connectivity index (χ4v) is 1.57. The van der Waals surface area contributed by atoms with Crippen molar-refractivity contribution in [1.82, 2.24) is 4.90 Å². The molecule has 0 N–H and O–H groups in total. The number of carbonyl (C=O) groups is 1. The van der Waals surface area contributed by atoms with Crippen LogP contribution in [0.3, 0.4) is 0 Å². The monoisotopic (exact) mass is 265 g/mol. The molecule has 0 saturated carbocycles. The van der Waals surface area contributed by atoms with Crippen LogP contribution >= 0.6 is 0 Å². The Kier molecular flexibility index (Phi) is 6.19. The van der Waals surface area contributed by atoms with Gasteiger partial charge in [-0.2, -0.15) is 0 Å². The fraction of sp³-hybridized carbons (Fsp3) is 0.533. The first kappa shape index (κ1) is 15.3. The van der Waals surface area contributed by atoms with E-state index in [1.807, 2.05) is 38.1 Å². The van der Waals surface area contributed by atoms with E-state index >= 15 is 0 Å². The van der Waals surface area contributed by atoms with E-state index in [-0.39, 0.29) is 18.6 Å². The molecule has 106 valence electrons. The second-order valence-electron chi connectivity index (χ2n) is 4.46. The van der Waals surface area contributed by atoms with Crippen molar-refractivity contribution in [3.63, 3.8) is 0 Å². The predicted octanol–water partition coefficient (Wildman–Crippen LogP) is 2.72. The lowest BCUT2D eigenvalue weighted by Gasteiger charge is -2.23. The van der Waals surface area contributed by atoms with Crippen molar-refractivity contribution in [2.24, 2.45) is 0 Å². The van der Waals surface area contributed by atoms with E-state index < -0.39 is 0 Å². The lowest BCUT2D eigenvalue weighted by molar-refractivity contribution is -0.133. The van der Waals surface area contributed by atoms with E-state index in [0.29, 0.717) is 12.4 Å². The van der Waals surface area contributed by atoms with Crippen molar-refractivity contribution in [3.05, 3.63) is 24.3 Å². The minimum Gasteiger partial charge on any atom is -0.494 e. The Labute approximate surface area is 115 Å². The molecule has 0 fully saturated rings. The number of carbonyl (C=O) groups excluding carboxylic acids is 1. The van der Waals surface area contributed by atoms with E-state index in [0.717, 1.165) is 12.2 Å². The van der Waals surface area contributed by atoms with Gasteiger partial charge in [-0.1, -0.05) is 6.92 Å². The average Bonchev–Trinajstić information content (AvgIpc) is 2.44. The van der Waals surface area contributed by atoms with Crippen molar-refractivity contribution in [2.75, 3.05) is 20.3 Å². The number of ether oxygens (including phenoxy) is 2. The molecule has 0 spiro atoms. The molecule has 0 aliphatic heterocycles. The highest BCUT2D eigenvalue weighted by atomic mass is 16.5. The Hall–Kier alpha value is -1.71. The lowest BCUT2D eigenvalue weighted by atomic mass is 10.2. The predicted molar refractivity (Wildman–Crippen MR) is 75.6 cm³/mol. The Morgan fingerprint density at radius 3 is 2.16 bits per heavy atom. The van der Waals surface area contributed by atoms with Crippen LogP contribution in [0.1, 0.15) is 27.2 Å². The number of nitrogens with zero attached hydrogens (tertiary/aromatic N) is 1. The number of rotatable bonds is 7. The summed E-state index contributed by atoms with van der Waals surface area (Å²) in [6, 6.07) is 7.52. The van der Waals surface area contributed by atoms with Crippen molar-refractivity contribution >= 4 is 5.91 Å². The van der Waals surface area contributed by atoms with Gasteiger partial charge < -0.3 is 14.4 Å². The highest BCUT2D eigenvalue weighted by molar-refractivity contribution is 5.77. The van der Waals surface area contributed by atoms with Crippen LogP contribution in [0.4, 0.5) is 0 Å². The molecule has 1 rings (SSSR count). The molecule has 1 amide bonds. The van der Waals surface area contributed by atoms with Gasteiger partial charge in [0.2, 0.25) is 0 Å². The number of amides is 1. The van der Waals surface area contributed by atoms with Crippen LogP contribution in [-0.2, 0) is 4.79 Å². The summed E-state index contributed by atoms with van der Waals surface area (Å²) in [4.78, 5) is 13.6. The Morgan fingerprint density at radius 2 is 1.68 bits per heavy atom. The average molecular weight is 265 g/mol. The van der Waals surface area contributed by atoms with Crippen LogP contribution in [0, 0.1) is 0 Å². The second-order valence-corrected chi connectivity index (χ2v) is 4.46. The first-order valence-electron chi connectivity index (χ1n) is 6.69. The van der Waals surface area contributed by atoms with Crippen LogP contribution in [0.5, 0.6) is 11.5 Å². The summed E-state index contributed by atoms with van der Waals surface area (Å²) in [5.41, 5.74) is 0. The smallest absolute Gasteiger partial charge is 0.260 e. The molecule has 1 aromatic carbocycles. The van der Waals surface area contributed by atoms with Gasteiger partial charge in [0.1, 0.15) is 11.5 Å². The minimum absolute atomic E-state index is 0.0109. The first-order valence-corrected chi connectivity index (χ1v) is 6.69. The summed E-state index contributed by atoms with van der Waals surface area (Å²) in [5.74, 6) is 1.47. The summed E-state index contributed by atoms with van der Waals surface area (Å²) < 4.78 is 10.8. The molecular formula is C15H23NO3. The summed E-state index contributed by atoms with van der Waals surface area (Å²) in [6.45, 7) is 6.72. The van der Waals surface area contributed by atoms with Crippen LogP contribution in [0.25, 0.3) is 0 Å². The zero-order valence-corrected chi connectivity index (χ0v) is 12.2. The largest absolute Gasteiger partial charge is 0.494 e. The van der Waals surface area contributed by atoms with E-state index in [1.165, 1.54) is 0 Å². The molecule has 0 radical (unpaired) electrons. The van der Waals surface area contributed by atoms with Gasteiger partial charge in [0, 0.05) is 13.1 Å². The third-order valence-electron chi connectivity index (χ3n) is 3.14. The zero-order valence-electron chi connectivity index (χ0n) is 12.2. The van der Waals surface area contributed by atoms with E-state index in [9.17, 15) is 4.79 Å². The van der Waals surface area contributed by atoms with Gasteiger partial charge in [-0.3, -0.25) is 4.79 Å². The number of likely N-dealkylation sites (N-methyl/N-ethyl adjacent to an activating group) is 1. The molecule has 0 saturated heterocycles.